The van der Waals surface area contributed by atoms with Gasteiger partial charge in [-0.2, -0.15) is 0 Å². The minimum Gasteiger partial charge on any atom is -0.466 e. The maximum absolute atomic E-state index is 11.8. The largest absolute Gasteiger partial charge is 0.466 e. The molecule has 19 heavy (non-hydrogen) atoms. The molecule has 0 aliphatic heterocycles. The third-order valence-electron chi connectivity index (χ3n) is 2.79. The highest BCUT2D eigenvalue weighted by atomic mass is 16.5. The molecule has 0 N–H and O–H groups in total. The lowest BCUT2D eigenvalue weighted by Crippen LogP contribution is -2.30. The van der Waals surface area contributed by atoms with Crippen LogP contribution in [0.4, 0.5) is 5.69 Å². The number of hydrogen-bond donors (Lipinski definition) is 0. The van der Waals surface area contributed by atoms with E-state index < -0.39 is 5.97 Å². The van der Waals surface area contributed by atoms with Gasteiger partial charge < -0.3 is 9.64 Å². The minimum atomic E-state index is -0.451. The minimum absolute atomic E-state index is 0.124. The molecule has 0 aromatic heterocycles. The van der Waals surface area contributed by atoms with Gasteiger partial charge in [-0.3, -0.25) is 9.59 Å². The third kappa shape index (κ3) is 5.12. The highest BCUT2D eigenvalue weighted by Crippen LogP contribution is 2.14. The molecule has 1 aromatic rings. The van der Waals surface area contributed by atoms with Crippen molar-refractivity contribution in [2.45, 2.75) is 27.2 Å². The Labute approximate surface area is 114 Å². The van der Waals surface area contributed by atoms with Gasteiger partial charge >= 0.3 is 5.97 Å². The number of nitrogens with zero attached hydrogens (tertiary/aromatic N) is 1. The van der Waals surface area contributed by atoms with Crippen LogP contribution in [-0.2, 0) is 14.3 Å². The van der Waals surface area contributed by atoms with Crippen molar-refractivity contribution in [2.24, 2.45) is 0 Å². The Morgan fingerprint density at radius 3 is 2.32 bits per heavy atom. The quantitative estimate of drug-likeness (QED) is 0.559. The van der Waals surface area contributed by atoms with Gasteiger partial charge in [0.1, 0.15) is 6.42 Å². The van der Waals surface area contributed by atoms with Crippen molar-refractivity contribution in [1.82, 2.24) is 0 Å². The van der Waals surface area contributed by atoms with Crippen LogP contribution in [0.5, 0.6) is 0 Å². The average Bonchev–Trinajstić information content (AvgIpc) is 2.37. The number of hydrogen-bond acceptors (Lipinski definition) is 4. The lowest BCUT2D eigenvalue weighted by atomic mass is 10.2. The van der Waals surface area contributed by atoms with Gasteiger partial charge in [0.25, 0.3) is 0 Å². The van der Waals surface area contributed by atoms with Gasteiger partial charge in [-0.25, -0.2) is 0 Å². The van der Waals surface area contributed by atoms with E-state index in [2.05, 4.69) is 0 Å². The molecule has 4 nitrogen and oxygen atoms in total. The van der Waals surface area contributed by atoms with Crippen LogP contribution in [0.15, 0.2) is 24.3 Å². The summed E-state index contributed by atoms with van der Waals surface area (Å²) in [5.41, 5.74) is 2.17. The van der Waals surface area contributed by atoms with Crippen molar-refractivity contribution in [2.75, 3.05) is 24.6 Å². The summed E-state index contributed by atoms with van der Waals surface area (Å²) in [4.78, 5) is 25.0. The van der Waals surface area contributed by atoms with Crippen LogP contribution in [0.25, 0.3) is 0 Å². The van der Waals surface area contributed by atoms with E-state index in [-0.39, 0.29) is 18.7 Å². The number of ether oxygens (including phenoxy) is 1. The Hall–Kier alpha value is -1.84. The van der Waals surface area contributed by atoms with Crippen molar-refractivity contribution in [3.05, 3.63) is 29.8 Å². The zero-order chi connectivity index (χ0) is 14.3. The SMILES string of the molecule is CCOC(=O)CC(=O)CN(CC)c1ccc(C)cc1. The summed E-state index contributed by atoms with van der Waals surface area (Å²) in [5, 5.41) is 0. The van der Waals surface area contributed by atoms with E-state index in [4.69, 9.17) is 4.74 Å². The normalized spacial score (nSPS) is 10.1. The first-order valence-electron chi connectivity index (χ1n) is 6.55. The predicted molar refractivity (Wildman–Crippen MR) is 75.3 cm³/mol. The fourth-order valence-electron chi connectivity index (χ4n) is 1.78. The molecule has 0 saturated heterocycles. The van der Waals surface area contributed by atoms with Gasteiger partial charge in [-0.1, -0.05) is 17.7 Å². The van der Waals surface area contributed by atoms with Crippen LogP contribution in [0, 0.1) is 6.92 Å². The Morgan fingerprint density at radius 2 is 1.79 bits per heavy atom. The Morgan fingerprint density at radius 1 is 1.16 bits per heavy atom. The first kappa shape index (κ1) is 15.2. The van der Waals surface area contributed by atoms with Gasteiger partial charge in [0, 0.05) is 12.2 Å². The van der Waals surface area contributed by atoms with E-state index in [1.165, 1.54) is 5.56 Å². The number of anilines is 1. The number of rotatable bonds is 7. The standard InChI is InChI=1S/C15H21NO3/c1-4-16(13-8-6-12(3)7-9-13)11-14(17)10-15(18)19-5-2/h6-9H,4-5,10-11H2,1-3H3. The van der Waals surface area contributed by atoms with Crippen molar-refractivity contribution in [3.63, 3.8) is 0 Å². The predicted octanol–water partition coefficient (Wildman–Crippen LogP) is 2.34. The summed E-state index contributed by atoms with van der Waals surface area (Å²) in [6.07, 6.45) is -0.157. The summed E-state index contributed by atoms with van der Waals surface area (Å²) < 4.78 is 4.77. The van der Waals surface area contributed by atoms with E-state index in [0.717, 1.165) is 12.2 Å². The zero-order valence-corrected chi connectivity index (χ0v) is 11.8. The zero-order valence-electron chi connectivity index (χ0n) is 11.8. The lowest BCUT2D eigenvalue weighted by molar-refractivity contribution is -0.145. The number of ketones is 1. The third-order valence-corrected chi connectivity index (χ3v) is 2.79. The van der Waals surface area contributed by atoms with E-state index in [1.54, 1.807) is 6.92 Å². The highest BCUT2D eigenvalue weighted by molar-refractivity contribution is 5.97. The molecule has 104 valence electrons. The van der Waals surface area contributed by atoms with Crippen LogP contribution in [0.1, 0.15) is 25.8 Å². The highest BCUT2D eigenvalue weighted by Gasteiger charge is 2.14. The number of carbonyl (C=O) groups is 2. The van der Waals surface area contributed by atoms with Crippen molar-refractivity contribution in [1.29, 1.82) is 0 Å². The molecule has 1 rings (SSSR count). The number of Topliss-reactive ketones (excluding diaryl/α,β-unsaturated/α-hetero) is 1. The monoisotopic (exact) mass is 263 g/mol. The summed E-state index contributed by atoms with van der Waals surface area (Å²) in [6.45, 7) is 6.99. The van der Waals surface area contributed by atoms with Crippen LogP contribution < -0.4 is 4.90 Å². The summed E-state index contributed by atoms with van der Waals surface area (Å²) in [5.74, 6) is -0.576. The summed E-state index contributed by atoms with van der Waals surface area (Å²) in [7, 11) is 0. The Bertz CT molecular complexity index is 426. The molecule has 0 unspecified atom stereocenters. The summed E-state index contributed by atoms with van der Waals surface area (Å²) >= 11 is 0. The van der Waals surface area contributed by atoms with Gasteiger partial charge in [0.15, 0.2) is 5.78 Å². The fraction of sp³-hybridized carbons (Fsp3) is 0.467. The van der Waals surface area contributed by atoms with Gasteiger partial charge in [0.2, 0.25) is 0 Å². The second-order valence-corrected chi connectivity index (χ2v) is 4.37. The number of carbonyl (C=O) groups excluding carboxylic acids is 2. The maximum Gasteiger partial charge on any atom is 0.313 e. The molecule has 1 aromatic carbocycles. The Kier molecular flexibility index (Phi) is 6.06. The molecule has 0 aliphatic carbocycles. The number of likely N-dealkylation sites (N-methyl/N-ethyl adjacent to an activating group) is 1. The topological polar surface area (TPSA) is 46.6 Å². The van der Waals surface area contributed by atoms with Crippen LogP contribution in [0.2, 0.25) is 0 Å². The molecule has 0 heterocycles. The van der Waals surface area contributed by atoms with E-state index >= 15 is 0 Å². The number of esters is 1. The number of aryl methyl sites for hydroxylation is 1. The molecule has 0 saturated carbocycles. The lowest BCUT2D eigenvalue weighted by Gasteiger charge is -2.22. The van der Waals surface area contributed by atoms with Crippen LogP contribution >= 0.6 is 0 Å². The van der Waals surface area contributed by atoms with Crippen LogP contribution in [-0.4, -0.2) is 31.4 Å². The molecule has 0 radical (unpaired) electrons. The Balaban J connectivity index is 2.59. The summed E-state index contributed by atoms with van der Waals surface area (Å²) in [6, 6.07) is 7.98. The fourth-order valence-corrected chi connectivity index (χ4v) is 1.78. The van der Waals surface area contributed by atoms with E-state index in [1.807, 2.05) is 43.0 Å². The molecule has 0 aliphatic rings. The first-order valence-corrected chi connectivity index (χ1v) is 6.55. The molecule has 0 atom stereocenters. The molecule has 0 spiro atoms. The van der Waals surface area contributed by atoms with E-state index in [0.29, 0.717) is 6.61 Å². The molecule has 4 heteroatoms. The second-order valence-electron chi connectivity index (χ2n) is 4.37. The molecule has 0 fully saturated rings. The van der Waals surface area contributed by atoms with Crippen molar-refractivity contribution < 1.29 is 14.3 Å². The second kappa shape index (κ2) is 7.56. The smallest absolute Gasteiger partial charge is 0.313 e. The first-order chi connectivity index (χ1) is 9.06. The van der Waals surface area contributed by atoms with Gasteiger partial charge in [-0.05, 0) is 32.9 Å². The number of benzene rings is 1. The van der Waals surface area contributed by atoms with E-state index in [9.17, 15) is 9.59 Å². The van der Waals surface area contributed by atoms with Crippen molar-refractivity contribution in [3.8, 4) is 0 Å². The maximum atomic E-state index is 11.8. The molecular weight excluding hydrogens is 242 g/mol. The van der Waals surface area contributed by atoms with Crippen molar-refractivity contribution >= 4 is 17.4 Å². The average molecular weight is 263 g/mol. The van der Waals surface area contributed by atoms with Gasteiger partial charge in [-0.15, -0.1) is 0 Å². The molecule has 0 amide bonds. The molecular formula is C15H21NO3. The van der Waals surface area contributed by atoms with Gasteiger partial charge in [0.05, 0.1) is 13.2 Å². The molecule has 0 bridgehead atoms. The van der Waals surface area contributed by atoms with Crippen LogP contribution in [0.3, 0.4) is 0 Å².